The molecule has 2 heterocycles. The van der Waals surface area contributed by atoms with E-state index in [4.69, 9.17) is 0 Å². The summed E-state index contributed by atoms with van der Waals surface area (Å²) >= 11 is 1.39. The van der Waals surface area contributed by atoms with E-state index in [-0.39, 0.29) is 23.7 Å². The maximum Gasteiger partial charge on any atom is 0.261 e. The predicted octanol–water partition coefficient (Wildman–Crippen LogP) is 4.06. The maximum atomic E-state index is 14.1. The van der Waals surface area contributed by atoms with Crippen LogP contribution in [0.15, 0.2) is 60.0 Å². The van der Waals surface area contributed by atoms with E-state index in [1.165, 1.54) is 23.5 Å². The zero-order valence-corrected chi connectivity index (χ0v) is 20.2. The van der Waals surface area contributed by atoms with Crippen molar-refractivity contribution in [3.05, 3.63) is 87.4 Å². The van der Waals surface area contributed by atoms with Crippen LogP contribution in [0.4, 0.5) is 10.1 Å². The second-order valence-corrected chi connectivity index (χ2v) is 9.49. The highest BCUT2D eigenvalue weighted by molar-refractivity contribution is 7.12. The summed E-state index contributed by atoms with van der Waals surface area (Å²) in [5, 5.41) is 7.74. The number of thiophene rings is 1. The Morgan fingerprint density at radius 3 is 2.44 bits per heavy atom. The van der Waals surface area contributed by atoms with Gasteiger partial charge in [0.05, 0.1) is 10.9 Å². The molecule has 1 aliphatic heterocycles. The minimum Gasteiger partial charge on any atom is -0.369 e. The third-order valence-corrected chi connectivity index (χ3v) is 6.93. The van der Waals surface area contributed by atoms with Gasteiger partial charge in [0, 0.05) is 49.5 Å². The minimum absolute atomic E-state index is 0.114. The van der Waals surface area contributed by atoms with Gasteiger partial charge in [0.25, 0.3) is 11.8 Å². The van der Waals surface area contributed by atoms with E-state index in [0.29, 0.717) is 17.0 Å². The first-order valence-electron chi connectivity index (χ1n) is 11.3. The standard InChI is InChI=1S/C26H29FN4O2S/c1-18(22-16-21(27)9-10-23(22)31-13-11-30(2)12-14-31)29-25(32)20-7-5-19(6-8-20)17-28-26(33)24-4-3-15-34-24/h3-10,15-16,18H,11-14,17H2,1-2H3,(H,28,33)(H,29,32). The highest BCUT2D eigenvalue weighted by atomic mass is 32.1. The molecule has 0 spiro atoms. The van der Waals surface area contributed by atoms with E-state index in [1.54, 1.807) is 24.3 Å². The molecule has 8 heteroatoms. The maximum absolute atomic E-state index is 14.1. The van der Waals surface area contributed by atoms with Crippen molar-refractivity contribution in [3.8, 4) is 0 Å². The van der Waals surface area contributed by atoms with Crippen LogP contribution in [-0.2, 0) is 6.54 Å². The van der Waals surface area contributed by atoms with Gasteiger partial charge in [-0.3, -0.25) is 9.59 Å². The lowest BCUT2D eigenvalue weighted by Gasteiger charge is -2.36. The van der Waals surface area contributed by atoms with E-state index in [1.807, 2.05) is 30.5 Å². The fraction of sp³-hybridized carbons (Fsp3) is 0.308. The molecular weight excluding hydrogens is 451 g/mol. The van der Waals surface area contributed by atoms with Gasteiger partial charge < -0.3 is 20.4 Å². The Labute approximate surface area is 203 Å². The van der Waals surface area contributed by atoms with Gasteiger partial charge in [0.2, 0.25) is 0 Å². The molecule has 1 unspecified atom stereocenters. The van der Waals surface area contributed by atoms with Crippen LogP contribution in [0.1, 0.15) is 44.1 Å². The number of likely N-dealkylation sites (N-methyl/N-ethyl adjacent to an activating group) is 1. The zero-order valence-electron chi connectivity index (χ0n) is 19.4. The van der Waals surface area contributed by atoms with Gasteiger partial charge in [0.15, 0.2) is 0 Å². The quantitative estimate of drug-likeness (QED) is 0.535. The van der Waals surface area contributed by atoms with Crippen molar-refractivity contribution < 1.29 is 14.0 Å². The third kappa shape index (κ3) is 5.81. The first-order chi connectivity index (χ1) is 16.4. The summed E-state index contributed by atoms with van der Waals surface area (Å²) in [7, 11) is 2.09. The van der Waals surface area contributed by atoms with Crippen molar-refractivity contribution in [2.24, 2.45) is 0 Å². The Hall–Kier alpha value is -3.23. The fourth-order valence-electron chi connectivity index (χ4n) is 4.02. The molecule has 1 aromatic heterocycles. The number of amides is 2. The minimum atomic E-state index is -0.359. The Morgan fingerprint density at radius 1 is 1.03 bits per heavy atom. The number of halogens is 1. The lowest BCUT2D eigenvalue weighted by atomic mass is 10.0. The van der Waals surface area contributed by atoms with E-state index in [9.17, 15) is 14.0 Å². The SMILES string of the molecule is CC(NC(=O)c1ccc(CNC(=O)c2cccs2)cc1)c1cc(F)ccc1N1CCN(C)CC1. The van der Waals surface area contributed by atoms with Crippen LogP contribution in [0.25, 0.3) is 0 Å². The summed E-state index contributed by atoms with van der Waals surface area (Å²) in [6, 6.07) is 15.2. The summed E-state index contributed by atoms with van der Waals surface area (Å²) in [6.07, 6.45) is 0. The molecule has 4 rings (SSSR count). The second kappa shape index (κ2) is 10.8. The van der Waals surface area contributed by atoms with Gasteiger partial charge in [-0.25, -0.2) is 4.39 Å². The van der Waals surface area contributed by atoms with Gasteiger partial charge in [-0.05, 0) is 61.3 Å². The number of piperazine rings is 1. The number of nitrogens with zero attached hydrogens (tertiary/aromatic N) is 2. The largest absolute Gasteiger partial charge is 0.369 e. The molecule has 1 fully saturated rings. The highest BCUT2D eigenvalue weighted by Crippen LogP contribution is 2.28. The molecule has 3 aromatic rings. The molecule has 0 radical (unpaired) electrons. The second-order valence-electron chi connectivity index (χ2n) is 8.55. The van der Waals surface area contributed by atoms with Gasteiger partial charge >= 0.3 is 0 Å². The third-order valence-electron chi connectivity index (χ3n) is 6.06. The summed E-state index contributed by atoms with van der Waals surface area (Å²) in [5.41, 5.74) is 3.14. The van der Waals surface area contributed by atoms with Crippen molar-refractivity contribution in [3.63, 3.8) is 0 Å². The number of carbonyl (C=O) groups is 2. The van der Waals surface area contributed by atoms with Crippen molar-refractivity contribution in [2.45, 2.75) is 19.5 Å². The molecule has 6 nitrogen and oxygen atoms in total. The van der Waals surface area contributed by atoms with Crippen LogP contribution in [0.3, 0.4) is 0 Å². The molecule has 2 aromatic carbocycles. The van der Waals surface area contributed by atoms with Crippen molar-refractivity contribution in [1.29, 1.82) is 0 Å². The molecule has 0 aliphatic carbocycles. The summed E-state index contributed by atoms with van der Waals surface area (Å²) in [6.45, 7) is 5.86. The smallest absolute Gasteiger partial charge is 0.261 e. The van der Waals surface area contributed by atoms with Gasteiger partial charge in [-0.1, -0.05) is 18.2 Å². The molecule has 34 heavy (non-hydrogen) atoms. The number of rotatable bonds is 7. The van der Waals surface area contributed by atoms with E-state index < -0.39 is 0 Å². The predicted molar refractivity (Wildman–Crippen MR) is 134 cm³/mol. The molecular formula is C26H29FN4O2S. The van der Waals surface area contributed by atoms with Crippen LogP contribution in [0.2, 0.25) is 0 Å². The summed E-state index contributed by atoms with van der Waals surface area (Å²) in [5.74, 6) is -0.657. The van der Waals surface area contributed by atoms with E-state index >= 15 is 0 Å². The average Bonchev–Trinajstić information content (AvgIpc) is 3.38. The van der Waals surface area contributed by atoms with Crippen molar-refractivity contribution in [2.75, 3.05) is 38.1 Å². The molecule has 178 valence electrons. The molecule has 1 saturated heterocycles. The molecule has 2 N–H and O–H groups in total. The van der Waals surface area contributed by atoms with E-state index in [0.717, 1.165) is 43.0 Å². The first kappa shape index (κ1) is 23.9. The number of benzene rings is 2. The monoisotopic (exact) mass is 480 g/mol. The van der Waals surface area contributed by atoms with Crippen LogP contribution < -0.4 is 15.5 Å². The Balaban J connectivity index is 1.39. The van der Waals surface area contributed by atoms with Gasteiger partial charge in [0.1, 0.15) is 5.82 Å². The average molecular weight is 481 g/mol. The number of anilines is 1. The van der Waals surface area contributed by atoms with Crippen LogP contribution in [0.5, 0.6) is 0 Å². The topological polar surface area (TPSA) is 64.7 Å². The van der Waals surface area contributed by atoms with Crippen LogP contribution >= 0.6 is 11.3 Å². The van der Waals surface area contributed by atoms with Gasteiger partial charge in [-0.15, -0.1) is 11.3 Å². The molecule has 1 atom stereocenters. The number of carbonyl (C=O) groups excluding carboxylic acids is 2. The Kier molecular flexibility index (Phi) is 7.59. The number of hydrogen-bond donors (Lipinski definition) is 2. The Morgan fingerprint density at radius 2 is 1.76 bits per heavy atom. The molecule has 0 bridgehead atoms. The Bertz CT molecular complexity index is 1130. The molecule has 2 amide bonds. The fourth-order valence-corrected chi connectivity index (χ4v) is 4.66. The summed E-state index contributed by atoms with van der Waals surface area (Å²) in [4.78, 5) is 30.2. The van der Waals surface area contributed by atoms with Crippen molar-refractivity contribution >= 4 is 28.8 Å². The zero-order chi connectivity index (χ0) is 24.1. The lowest BCUT2D eigenvalue weighted by Crippen LogP contribution is -2.45. The van der Waals surface area contributed by atoms with Crippen molar-refractivity contribution in [1.82, 2.24) is 15.5 Å². The lowest BCUT2D eigenvalue weighted by molar-refractivity contribution is 0.0935. The number of hydrogen-bond acceptors (Lipinski definition) is 5. The van der Waals surface area contributed by atoms with Crippen LogP contribution in [0, 0.1) is 5.82 Å². The first-order valence-corrected chi connectivity index (χ1v) is 12.2. The normalized spacial score (nSPS) is 15.1. The van der Waals surface area contributed by atoms with Crippen LogP contribution in [-0.4, -0.2) is 49.9 Å². The molecule has 0 saturated carbocycles. The number of nitrogens with one attached hydrogen (secondary N) is 2. The molecule has 1 aliphatic rings. The highest BCUT2D eigenvalue weighted by Gasteiger charge is 2.21. The summed E-state index contributed by atoms with van der Waals surface area (Å²) < 4.78 is 14.1. The van der Waals surface area contributed by atoms with E-state index in [2.05, 4.69) is 27.5 Å². The van der Waals surface area contributed by atoms with Gasteiger partial charge in [-0.2, -0.15) is 0 Å².